The summed E-state index contributed by atoms with van der Waals surface area (Å²) in [6.07, 6.45) is 2.63. The van der Waals surface area contributed by atoms with E-state index in [2.05, 4.69) is 16.7 Å². The van der Waals surface area contributed by atoms with E-state index < -0.39 is 6.04 Å². The molecule has 2 heterocycles. The lowest BCUT2D eigenvalue weighted by Crippen LogP contribution is -2.52. The molecule has 7 nitrogen and oxygen atoms in total. The number of fused-ring (bicyclic) bond motifs is 1. The Balaban J connectivity index is 1.29. The zero-order valence-corrected chi connectivity index (χ0v) is 16.8. The highest BCUT2D eigenvalue weighted by atomic mass is 16.2. The smallest absolute Gasteiger partial charge is 0.255 e. The van der Waals surface area contributed by atoms with Crippen LogP contribution in [0.3, 0.4) is 0 Å². The van der Waals surface area contributed by atoms with Crippen molar-refractivity contribution in [2.24, 2.45) is 0 Å². The van der Waals surface area contributed by atoms with E-state index >= 15 is 0 Å². The van der Waals surface area contributed by atoms with E-state index in [4.69, 9.17) is 5.73 Å². The van der Waals surface area contributed by atoms with Crippen LogP contribution in [0.2, 0.25) is 0 Å². The van der Waals surface area contributed by atoms with Crippen molar-refractivity contribution in [3.63, 3.8) is 0 Å². The third-order valence-corrected chi connectivity index (χ3v) is 5.69. The number of nitrogens with zero attached hydrogens (tertiary/aromatic N) is 1. The van der Waals surface area contributed by atoms with Gasteiger partial charge in [0.05, 0.1) is 0 Å². The van der Waals surface area contributed by atoms with Crippen molar-refractivity contribution in [1.82, 2.24) is 15.5 Å². The van der Waals surface area contributed by atoms with Crippen LogP contribution in [-0.4, -0.2) is 35.2 Å². The van der Waals surface area contributed by atoms with E-state index in [-0.39, 0.29) is 24.1 Å². The van der Waals surface area contributed by atoms with E-state index in [1.165, 1.54) is 5.56 Å². The highest BCUT2D eigenvalue weighted by Crippen LogP contribution is 2.28. The molecule has 1 fully saturated rings. The molecule has 0 spiro atoms. The average Bonchev–Trinajstić information content (AvgIpc) is 3.03. The second-order valence-electron chi connectivity index (χ2n) is 7.92. The number of anilines is 1. The van der Waals surface area contributed by atoms with Gasteiger partial charge in [-0.05, 0) is 60.7 Å². The molecule has 30 heavy (non-hydrogen) atoms. The minimum absolute atomic E-state index is 0.138. The molecule has 0 bridgehead atoms. The second kappa shape index (κ2) is 8.67. The van der Waals surface area contributed by atoms with Crippen molar-refractivity contribution in [2.45, 2.75) is 44.8 Å². The molecule has 3 amide bonds. The molecular formula is C23H26N4O3. The topological polar surface area (TPSA) is 105 Å². The van der Waals surface area contributed by atoms with E-state index in [9.17, 15) is 14.4 Å². The number of nitrogens with one attached hydrogen (secondary N) is 2. The lowest BCUT2D eigenvalue weighted by Gasteiger charge is -2.29. The number of piperidine rings is 1. The lowest BCUT2D eigenvalue weighted by atomic mass is 10.0. The summed E-state index contributed by atoms with van der Waals surface area (Å²) in [6.45, 7) is 2.01. The van der Waals surface area contributed by atoms with Crippen LogP contribution in [0, 0.1) is 0 Å². The van der Waals surface area contributed by atoms with Gasteiger partial charge in [0.15, 0.2) is 0 Å². The first kappa shape index (κ1) is 20.1. The largest absolute Gasteiger partial charge is 0.399 e. The summed E-state index contributed by atoms with van der Waals surface area (Å²) in [6, 6.07) is 13.2. The van der Waals surface area contributed by atoms with Gasteiger partial charge < -0.3 is 16.0 Å². The van der Waals surface area contributed by atoms with E-state index in [0.717, 1.165) is 42.7 Å². The van der Waals surface area contributed by atoms with Gasteiger partial charge in [0.1, 0.15) is 6.04 Å². The Morgan fingerprint density at radius 1 is 1.10 bits per heavy atom. The van der Waals surface area contributed by atoms with Gasteiger partial charge in [-0.2, -0.15) is 0 Å². The molecule has 0 aromatic heterocycles. The van der Waals surface area contributed by atoms with Crippen molar-refractivity contribution >= 4 is 23.4 Å². The number of hydrogen-bond donors (Lipinski definition) is 3. The van der Waals surface area contributed by atoms with Crippen LogP contribution in [0.1, 0.15) is 46.3 Å². The van der Waals surface area contributed by atoms with Crippen LogP contribution in [0.15, 0.2) is 42.5 Å². The monoisotopic (exact) mass is 406 g/mol. The van der Waals surface area contributed by atoms with Crippen LogP contribution in [0.4, 0.5) is 5.69 Å². The first-order chi connectivity index (χ1) is 14.5. The van der Waals surface area contributed by atoms with E-state index in [1.54, 1.807) is 4.90 Å². The van der Waals surface area contributed by atoms with E-state index in [0.29, 0.717) is 18.5 Å². The zero-order valence-electron chi connectivity index (χ0n) is 16.8. The van der Waals surface area contributed by atoms with Crippen LogP contribution >= 0.6 is 0 Å². The first-order valence-electron chi connectivity index (χ1n) is 10.3. The minimum Gasteiger partial charge on any atom is -0.399 e. The molecule has 4 N–H and O–H groups in total. The highest BCUT2D eigenvalue weighted by Gasteiger charge is 2.38. The molecule has 1 saturated heterocycles. The number of rotatable bonds is 7. The number of carbonyl (C=O) groups is 3. The summed E-state index contributed by atoms with van der Waals surface area (Å²) < 4.78 is 0. The highest BCUT2D eigenvalue weighted by molar-refractivity contribution is 6.05. The van der Waals surface area contributed by atoms with Gasteiger partial charge >= 0.3 is 0 Å². The van der Waals surface area contributed by atoms with Crippen LogP contribution in [0.5, 0.6) is 0 Å². The normalized spacial score (nSPS) is 18.5. The third kappa shape index (κ3) is 4.36. The Morgan fingerprint density at radius 3 is 2.77 bits per heavy atom. The number of imide groups is 1. The van der Waals surface area contributed by atoms with Gasteiger partial charge in [0, 0.05) is 30.8 Å². The van der Waals surface area contributed by atoms with Crippen molar-refractivity contribution in [3.05, 3.63) is 64.7 Å². The zero-order chi connectivity index (χ0) is 21.1. The maximum atomic E-state index is 12.7. The number of aryl methyl sites for hydroxylation is 1. The molecule has 1 atom stereocenters. The molecule has 4 rings (SSSR count). The van der Waals surface area contributed by atoms with Crippen LogP contribution in [0.25, 0.3) is 0 Å². The molecule has 0 saturated carbocycles. The quantitative estimate of drug-likeness (QED) is 0.369. The fraction of sp³-hybridized carbons (Fsp3) is 0.348. The fourth-order valence-electron chi connectivity index (χ4n) is 4.14. The first-order valence-corrected chi connectivity index (χ1v) is 10.3. The maximum absolute atomic E-state index is 12.7. The Morgan fingerprint density at radius 2 is 1.97 bits per heavy atom. The number of nitrogens with two attached hydrogens (primary N) is 1. The van der Waals surface area contributed by atoms with Gasteiger partial charge in [-0.15, -0.1) is 0 Å². The maximum Gasteiger partial charge on any atom is 0.255 e. The van der Waals surface area contributed by atoms with Gasteiger partial charge in [-0.3, -0.25) is 19.7 Å². The van der Waals surface area contributed by atoms with Gasteiger partial charge in [-0.25, -0.2) is 0 Å². The molecule has 7 heteroatoms. The predicted molar refractivity (Wildman–Crippen MR) is 113 cm³/mol. The van der Waals surface area contributed by atoms with Gasteiger partial charge in [0.2, 0.25) is 11.8 Å². The molecular weight excluding hydrogens is 380 g/mol. The SMILES string of the molecule is Nc1cccc(CCCNCc2ccc3c(c2)CN(C2CCC(=O)NC2=O)C3=O)c1. The molecule has 2 aliphatic heterocycles. The number of hydrogen-bond acceptors (Lipinski definition) is 5. The Kier molecular flexibility index (Phi) is 5.81. The average molecular weight is 406 g/mol. The molecule has 0 radical (unpaired) electrons. The predicted octanol–water partition coefficient (Wildman–Crippen LogP) is 1.75. The number of nitrogen functional groups attached to an aromatic ring is 1. The second-order valence-corrected chi connectivity index (χ2v) is 7.92. The van der Waals surface area contributed by atoms with E-state index in [1.807, 2.05) is 36.4 Å². The molecule has 1 unspecified atom stereocenters. The van der Waals surface area contributed by atoms with Gasteiger partial charge in [-0.1, -0.05) is 24.3 Å². The summed E-state index contributed by atoms with van der Waals surface area (Å²) in [5, 5.41) is 5.78. The molecule has 2 aromatic carbocycles. The molecule has 156 valence electrons. The number of amides is 3. The summed E-state index contributed by atoms with van der Waals surface area (Å²) in [7, 11) is 0. The minimum atomic E-state index is -0.573. The molecule has 0 aliphatic carbocycles. The Bertz CT molecular complexity index is 988. The Hall–Kier alpha value is -3.19. The standard InChI is InChI=1S/C23H26N4O3/c24-18-5-1-3-15(12-18)4-2-10-25-13-16-6-7-19-17(11-16)14-27(23(19)30)20-8-9-21(28)26-22(20)29/h1,3,5-7,11-12,20,25H,2,4,8-10,13-14,24H2,(H,26,28,29). The van der Waals surface area contributed by atoms with Crippen LogP contribution in [-0.2, 0) is 29.1 Å². The van der Waals surface area contributed by atoms with Crippen molar-refractivity contribution in [1.29, 1.82) is 0 Å². The number of carbonyl (C=O) groups excluding carboxylic acids is 3. The molecule has 2 aromatic rings. The van der Waals surface area contributed by atoms with Crippen molar-refractivity contribution < 1.29 is 14.4 Å². The van der Waals surface area contributed by atoms with Crippen molar-refractivity contribution in [2.75, 3.05) is 12.3 Å². The summed E-state index contributed by atoms with van der Waals surface area (Å²) in [5.41, 5.74) is 10.5. The van der Waals surface area contributed by atoms with Crippen molar-refractivity contribution in [3.8, 4) is 0 Å². The Labute approximate surface area is 175 Å². The fourth-order valence-corrected chi connectivity index (χ4v) is 4.14. The van der Waals surface area contributed by atoms with Crippen LogP contribution < -0.4 is 16.4 Å². The number of benzene rings is 2. The lowest BCUT2D eigenvalue weighted by molar-refractivity contribution is -0.136. The summed E-state index contributed by atoms with van der Waals surface area (Å²) >= 11 is 0. The van der Waals surface area contributed by atoms with Gasteiger partial charge in [0.25, 0.3) is 5.91 Å². The molecule has 2 aliphatic rings. The summed E-state index contributed by atoms with van der Waals surface area (Å²) in [5.74, 6) is -0.792. The third-order valence-electron chi connectivity index (χ3n) is 5.69. The summed E-state index contributed by atoms with van der Waals surface area (Å²) in [4.78, 5) is 37.8.